The molecule has 0 aliphatic rings. The Morgan fingerprint density at radius 3 is 2.52 bits per heavy atom. The quantitative estimate of drug-likeness (QED) is 0.491. The van der Waals surface area contributed by atoms with E-state index in [9.17, 15) is 18.0 Å². The number of carbonyl (C=O) groups excluding carboxylic acids is 1. The molecule has 0 unspecified atom stereocenters. The summed E-state index contributed by atoms with van der Waals surface area (Å²) in [6, 6.07) is 12.1. The molecular weight excluding hydrogens is 353 g/mol. The van der Waals surface area contributed by atoms with E-state index in [1.807, 2.05) is 18.2 Å². The molecule has 1 heterocycles. The van der Waals surface area contributed by atoms with Gasteiger partial charge in [0.05, 0.1) is 5.56 Å². The van der Waals surface area contributed by atoms with Crippen LogP contribution in [0.2, 0.25) is 0 Å². The first kappa shape index (κ1) is 18.4. The number of anilines is 1. The molecule has 0 aliphatic heterocycles. The first-order valence-electron chi connectivity index (χ1n) is 8.09. The SMILES string of the molecule is O=C(C=CC=Cc1ccc(C(F)(F)F)cc1)Nc1cccc2cnccc12. The number of halogens is 3. The lowest BCUT2D eigenvalue weighted by Crippen LogP contribution is -2.07. The Bertz CT molecular complexity index is 1000. The van der Waals surface area contributed by atoms with Gasteiger partial charge in [0.1, 0.15) is 0 Å². The van der Waals surface area contributed by atoms with E-state index in [-0.39, 0.29) is 5.91 Å². The predicted octanol–water partition coefficient (Wildman–Crippen LogP) is 5.46. The minimum Gasteiger partial charge on any atom is -0.322 e. The number of carbonyl (C=O) groups is 1. The van der Waals surface area contributed by atoms with Crippen LogP contribution in [0, 0.1) is 0 Å². The number of hydrogen-bond acceptors (Lipinski definition) is 2. The summed E-state index contributed by atoms with van der Waals surface area (Å²) in [5, 5.41) is 4.60. The van der Waals surface area contributed by atoms with Crippen LogP contribution < -0.4 is 5.32 Å². The number of alkyl halides is 3. The van der Waals surface area contributed by atoms with Crippen LogP contribution in [0.1, 0.15) is 11.1 Å². The van der Waals surface area contributed by atoms with Gasteiger partial charge in [0.15, 0.2) is 0 Å². The summed E-state index contributed by atoms with van der Waals surface area (Å²) in [6.45, 7) is 0. The monoisotopic (exact) mass is 368 g/mol. The lowest BCUT2D eigenvalue weighted by Gasteiger charge is -2.06. The molecule has 2 aromatic carbocycles. The third-order valence-corrected chi connectivity index (χ3v) is 3.82. The molecule has 0 aliphatic carbocycles. The molecule has 1 N–H and O–H groups in total. The minimum absolute atomic E-state index is 0.309. The molecule has 0 spiro atoms. The Hall–Kier alpha value is -3.41. The van der Waals surface area contributed by atoms with E-state index in [1.54, 1.807) is 30.6 Å². The van der Waals surface area contributed by atoms with Crippen molar-refractivity contribution in [1.82, 2.24) is 4.98 Å². The van der Waals surface area contributed by atoms with Crippen molar-refractivity contribution in [3.05, 3.63) is 90.3 Å². The number of nitrogens with one attached hydrogen (secondary N) is 1. The summed E-state index contributed by atoms with van der Waals surface area (Å²) in [5.74, 6) is -0.309. The van der Waals surface area contributed by atoms with E-state index in [0.29, 0.717) is 11.3 Å². The summed E-state index contributed by atoms with van der Waals surface area (Å²) < 4.78 is 37.5. The molecule has 0 bridgehead atoms. The molecule has 0 radical (unpaired) electrons. The number of pyridine rings is 1. The van der Waals surface area contributed by atoms with E-state index in [0.717, 1.165) is 22.9 Å². The number of amides is 1. The standard InChI is InChI=1S/C21H15F3N2O/c22-21(23,24)17-10-8-15(9-11-17)4-1-2-7-20(27)26-19-6-3-5-16-14-25-13-12-18(16)19/h1-14H,(H,26,27). The Kier molecular flexibility index (Phi) is 5.35. The maximum Gasteiger partial charge on any atom is 0.416 e. The van der Waals surface area contributed by atoms with Crippen molar-refractivity contribution in [3.63, 3.8) is 0 Å². The van der Waals surface area contributed by atoms with Crippen LogP contribution in [0.25, 0.3) is 16.8 Å². The normalized spacial score (nSPS) is 12.1. The molecule has 0 saturated heterocycles. The largest absolute Gasteiger partial charge is 0.416 e. The fourth-order valence-electron chi connectivity index (χ4n) is 2.50. The zero-order chi connectivity index (χ0) is 19.3. The highest BCUT2D eigenvalue weighted by atomic mass is 19.4. The molecule has 1 amide bonds. The van der Waals surface area contributed by atoms with E-state index < -0.39 is 11.7 Å². The lowest BCUT2D eigenvalue weighted by molar-refractivity contribution is -0.137. The second kappa shape index (κ2) is 7.86. The molecule has 0 saturated carbocycles. The lowest BCUT2D eigenvalue weighted by atomic mass is 10.1. The predicted molar refractivity (Wildman–Crippen MR) is 100.0 cm³/mol. The molecule has 0 atom stereocenters. The summed E-state index contributed by atoms with van der Waals surface area (Å²) in [5.41, 5.74) is 0.589. The third-order valence-electron chi connectivity index (χ3n) is 3.82. The van der Waals surface area contributed by atoms with Gasteiger partial charge in [0.2, 0.25) is 5.91 Å². The van der Waals surface area contributed by atoms with Gasteiger partial charge in [-0.3, -0.25) is 9.78 Å². The zero-order valence-electron chi connectivity index (χ0n) is 14.1. The average molecular weight is 368 g/mol. The summed E-state index contributed by atoms with van der Waals surface area (Å²) in [4.78, 5) is 16.1. The van der Waals surface area contributed by atoms with Crippen molar-refractivity contribution in [2.75, 3.05) is 5.32 Å². The Balaban J connectivity index is 1.62. The number of aromatic nitrogens is 1. The van der Waals surface area contributed by atoms with E-state index in [2.05, 4.69) is 10.3 Å². The fourth-order valence-corrected chi connectivity index (χ4v) is 2.50. The molecular formula is C21H15F3N2O. The Labute approximate surface area is 153 Å². The van der Waals surface area contributed by atoms with Crippen molar-refractivity contribution >= 4 is 28.4 Å². The van der Waals surface area contributed by atoms with Crippen LogP contribution in [-0.4, -0.2) is 10.9 Å². The van der Waals surface area contributed by atoms with Crippen molar-refractivity contribution in [1.29, 1.82) is 0 Å². The molecule has 3 nitrogen and oxygen atoms in total. The maximum absolute atomic E-state index is 12.5. The number of allylic oxidation sites excluding steroid dienone is 2. The number of fused-ring (bicyclic) bond motifs is 1. The van der Waals surface area contributed by atoms with Gasteiger partial charge in [0, 0.05) is 34.9 Å². The van der Waals surface area contributed by atoms with Crippen LogP contribution in [0.3, 0.4) is 0 Å². The number of benzene rings is 2. The first-order valence-corrected chi connectivity index (χ1v) is 8.09. The number of rotatable bonds is 4. The topological polar surface area (TPSA) is 42.0 Å². The van der Waals surface area contributed by atoms with E-state index in [4.69, 9.17) is 0 Å². The highest BCUT2D eigenvalue weighted by Gasteiger charge is 2.29. The number of hydrogen-bond donors (Lipinski definition) is 1. The highest BCUT2D eigenvalue weighted by Crippen LogP contribution is 2.29. The van der Waals surface area contributed by atoms with Gasteiger partial charge in [-0.05, 0) is 29.8 Å². The zero-order valence-corrected chi connectivity index (χ0v) is 14.1. The van der Waals surface area contributed by atoms with Crippen molar-refractivity contribution in [2.45, 2.75) is 6.18 Å². The van der Waals surface area contributed by atoms with Gasteiger partial charge in [-0.25, -0.2) is 0 Å². The van der Waals surface area contributed by atoms with Crippen LogP contribution in [-0.2, 0) is 11.0 Å². The second-order valence-corrected chi connectivity index (χ2v) is 5.73. The summed E-state index contributed by atoms with van der Waals surface area (Å²) in [7, 11) is 0. The highest BCUT2D eigenvalue weighted by molar-refractivity contribution is 6.06. The maximum atomic E-state index is 12.5. The summed E-state index contributed by atoms with van der Waals surface area (Å²) >= 11 is 0. The van der Waals surface area contributed by atoms with Crippen LogP contribution in [0.4, 0.5) is 18.9 Å². The van der Waals surface area contributed by atoms with Gasteiger partial charge >= 0.3 is 6.18 Å². The molecule has 6 heteroatoms. The summed E-state index contributed by atoms with van der Waals surface area (Å²) in [6.07, 6.45) is 5.11. The average Bonchev–Trinajstić information content (AvgIpc) is 2.65. The third kappa shape index (κ3) is 4.82. The minimum atomic E-state index is -4.35. The van der Waals surface area contributed by atoms with Crippen molar-refractivity contribution < 1.29 is 18.0 Å². The molecule has 0 fully saturated rings. The van der Waals surface area contributed by atoms with Gasteiger partial charge in [-0.2, -0.15) is 13.2 Å². The van der Waals surface area contributed by atoms with E-state index in [1.165, 1.54) is 24.3 Å². The Morgan fingerprint density at radius 2 is 1.78 bits per heavy atom. The van der Waals surface area contributed by atoms with Crippen LogP contribution in [0.5, 0.6) is 0 Å². The van der Waals surface area contributed by atoms with E-state index >= 15 is 0 Å². The molecule has 3 aromatic rings. The molecule has 136 valence electrons. The van der Waals surface area contributed by atoms with Gasteiger partial charge in [-0.15, -0.1) is 0 Å². The second-order valence-electron chi connectivity index (χ2n) is 5.73. The van der Waals surface area contributed by atoms with Gasteiger partial charge < -0.3 is 5.32 Å². The Morgan fingerprint density at radius 1 is 1.00 bits per heavy atom. The first-order chi connectivity index (χ1) is 12.9. The molecule has 1 aromatic heterocycles. The number of nitrogens with zero attached hydrogens (tertiary/aromatic N) is 1. The molecule has 3 rings (SSSR count). The molecule has 27 heavy (non-hydrogen) atoms. The smallest absolute Gasteiger partial charge is 0.322 e. The van der Waals surface area contributed by atoms with Crippen molar-refractivity contribution in [2.24, 2.45) is 0 Å². The van der Waals surface area contributed by atoms with Crippen LogP contribution >= 0.6 is 0 Å². The van der Waals surface area contributed by atoms with Gasteiger partial charge in [-0.1, -0.05) is 42.5 Å². The van der Waals surface area contributed by atoms with Gasteiger partial charge in [0.25, 0.3) is 0 Å². The van der Waals surface area contributed by atoms with Crippen molar-refractivity contribution in [3.8, 4) is 0 Å². The fraction of sp³-hybridized carbons (Fsp3) is 0.0476. The van der Waals surface area contributed by atoms with Crippen LogP contribution in [0.15, 0.2) is 79.2 Å².